The smallest absolute Gasteiger partial charge is 0.305 e. The summed E-state index contributed by atoms with van der Waals surface area (Å²) in [6, 6.07) is -0.219. The average Bonchev–Trinajstić information content (AvgIpc) is 2.62. The van der Waals surface area contributed by atoms with Crippen LogP contribution in [0.3, 0.4) is 0 Å². The van der Waals surface area contributed by atoms with E-state index in [2.05, 4.69) is 10.3 Å². The van der Waals surface area contributed by atoms with Gasteiger partial charge in [-0.15, -0.1) is 11.3 Å². The van der Waals surface area contributed by atoms with Crippen LogP contribution < -0.4 is 11.1 Å². The number of aliphatic carboxylic acids is 1. The van der Waals surface area contributed by atoms with Gasteiger partial charge in [0.05, 0.1) is 12.5 Å². The number of rotatable bonds is 5. The molecule has 7 heteroatoms. The van der Waals surface area contributed by atoms with Crippen molar-refractivity contribution in [2.45, 2.75) is 38.8 Å². The SMILES string of the molecule is CC(N)c1nc(C(=O)NC(C)(C)CC(=O)O)cs1. The second-order valence-electron chi connectivity index (χ2n) is 4.77. The van der Waals surface area contributed by atoms with Crippen molar-refractivity contribution >= 4 is 23.2 Å². The summed E-state index contributed by atoms with van der Waals surface area (Å²) in [6.45, 7) is 5.09. The molecule has 0 aliphatic heterocycles. The first-order chi connectivity index (χ1) is 8.21. The molecule has 1 atom stereocenters. The molecule has 0 aliphatic rings. The molecule has 0 aromatic carbocycles. The van der Waals surface area contributed by atoms with Gasteiger partial charge in [-0.25, -0.2) is 4.98 Å². The zero-order chi connectivity index (χ0) is 13.9. The quantitative estimate of drug-likeness (QED) is 0.745. The van der Waals surface area contributed by atoms with Crippen molar-refractivity contribution in [3.63, 3.8) is 0 Å². The largest absolute Gasteiger partial charge is 0.481 e. The molecule has 6 nitrogen and oxygen atoms in total. The summed E-state index contributed by atoms with van der Waals surface area (Å²) in [5, 5.41) is 13.7. The number of carboxylic acids is 1. The normalized spacial score (nSPS) is 13.1. The van der Waals surface area contributed by atoms with Gasteiger partial charge in [0.2, 0.25) is 0 Å². The Labute approximate surface area is 109 Å². The fraction of sp³-hybridized carbons (Fsp3) is 0.545. The van der Waals surface area contributed by atoms with E-state index in [0.29, 0.717) is 5.01 Å². The van der Waals surface area contributed by atoms with Gasteiger partial charge in [-0.2, -0.15) is 0 Å². The highest BCUT2D eigenvalue weighted by Crippen LogP contribution is 2.17. The number of carboxylic acid groups (broad SMARTS) is 1. The molecule has 0 saturated carbocycles. The average molecular weight is 271 g/mol. The van der Waals surface area contributed by atoms with Crippen LogP contribution in [0.4, 0.5) is 0 Å². The Hall–Kier alpha value is -1.47. The second-order valence-corrected chi connectivity index (χ2v) is 5.66. The summed E-state index contributed by atoms with van der Waals surface area (Å²) in [6.07, 6.45) is -0.150. The molecule has 18 heavy (non-hydrogen) atoms. The molecule has 1 rings (SSSR count). The summed E-state index contributed by atoms with van der Waals surface area (Å²) >= 11 is 1.31. The van der Waals surface area contributed by atoms with E-state index in [9.17, 15) is 9.59 Å². The van der Waals surface area contributed by atoms with Gasteiger partial charge in [-0.05, 0) is 20.8 Å². The number of carbonyl (C=O) groups excluding carboxylic acids is 1. The molecule has 1 heterocycles. The predicted octanol–water partition coefficient (Wildman–Crippen LogP) is 1.15. The number of thiazole rings is 1. The van der Waals surface area contributed by atoms with Crippen molar-refractivity contribution in [2.75, 3.05) is 0 Å². The minimum Gasteiger partial charge on any atom is -0.481 e. The van der Waals surface area contributed by atoms with E-state index < -0.39 is 11.5 Å². The van der Waals surface area contributed by atoms with Crippen LogP contribution in [0.25, 0.3) is 0 Å². The van der Waals surface area contributed by atoms with E-state index in [1.54, 1.807) is 26.2 Å². The number of hydrogen-bond donors (Lipinski definition) is 3. The molecule has 4 N–H and O–H groups in total. The van der Waals surface area contributed by atoms with Crippen LogP contribution in [0.2, 0.25) is 0 Å². The summed E-state index contributed by atoms with van der Waals surface area (Å²) in [5.74, 6) is -1.35. The molecule has 1 unspecified atom stereocenters. The van der Waals surface area contributed by atoms with E-state index in [4.69, 9.17) is 10.8 Å². The molecule has 0 radical (unpaired) electrons. The fourth-order valence-corrected chi connectivity index (χ4v) is 2.15. The number of nitrogens with two attached hydrogens (primary N) is 1. The van der Waals surface area contributed by atoms with Crippen molar-refractivity contribution in [3.8, 4) is 0 Å². The first-order valence-corrected chi connectivity index (χ1v) is 6.34. The van der Waals surface area contributed by atoms with Gasteiger partial charge in [0.25, 0.3) is 5.91 Å². The van der Waals surface area contributed by atoms with Crippen molar-refractivity contribution in [3.05, 3.63) is 16.1 Å². The maximum atomic E-state index is 11.9. The third-order valence-corrected chi connectivity index (χ3v) is 3.23. The number of amides is 1. The summed E-state index contributed by atoms with van der Waals surface area (Å²) < 4.78 is 0. The Morgan fingerprint density at radius 1 is 1.61 bits per heavy atom. The molecule has 0 saturated heterocycles. The first kappa shape index (κ1) is 14.6. The van der Waals surface area contributed by atoms with Crippen LogP contribution in [-0.4, -0.2) is 27.5 Å². The number of aromatic nitrogens is 1. The van der Waals surface area contributed by atoms with E-state index in [-0.39, 0.29) is 24.1 Å². The van der Waals surface area contributed by atoms with Crippen LogP contribution >= 0.6 is 11.3 Å². The van der Waals surface area contributed by atoms with E-state index >= 15 is 0 Å². The maximum Gasteiger partial charge on any atom is 0.305 e. The van der Waals surface area contributed by atoms with Gasteiger partial charge in [0.1, 0.15) is 10.7 Å². The predicted molar refractivity (Wildman–Crippen MR) is 68.5 cm³/mol. The lowest BCUT2D eigenvalue weighted by molar-refractivity contribution is -0.138. The van der Waals surface area contributed by atoms with Gasteiger partial charge in [-0.3, -0.25) is 9.59 Å². The molecule has 1 amide bonds. The lowest BCUT2D eigenvalue weighted by atomic mass is 10.0. The number of nitrogens with zero attached hydrogens (tertiary/aromatic N) is 1. The Morgan fingerprint density at radius 3 is 2.67 bits per heavy atom. The Kier molecular flexibility index (Phi) is 4.42. The molecule has 0 spiro atoms. The highest BCUT2D eigenvalue weighted by molar-refractivity contribution is 7.09. The van der Waals surface area contributed by atoms with Crippen molar-refractivity contribution in [2.24, 2.45) is 5.73 Å². The Morgan fingerprint density at radius 2 is 2.22 bits per heavy atom. The summed E-state index contributed by atoms with van der Waals surface area (Å²) in [5.41, 5.74) is 5.11. The number of nitrogens with one attached hydrogen (secondary N) is 1. The minimum atomic E-state index is -0.963. The third kappa shape index (κ3) is 4.08. The topological polar surface area (TPSA) is 105 Å². The highest BCUT2D eigenvalue weighted by Gasteiger charge is 2.25. The zero-order valence-electron chi connectivity index (χ0n) is 10.6. The number of hydrogen-bond acceptors (Lipinski definition) is 5. The van der Waals surface area contributed by atoms with Crippen LogP contribution in [-0.2, 0) is 4.79 Å². The van der Waals surface area contributed by atoms with Gasteiger partial charge in [0, 0.05) is 10.9 Å². The van der Waals surface area contributed by atoms with Gasteiger partial charge in [0.15, 0.2) is 0 Å². The Bertz CT molecular complexity index is 454. The molecule has 1 aromatic rings. The van der Waals surface area contributed by atoms with Crippen LogP contribution in [0, 0.1) is 0 Å². The Balaban J connectivity index is 2.72. The molecule has 0 fully saturated rings. The van der Waals surface area contributed by atoms with Gasteiger partial charge < -0.3 is 16.2 Å². The van der Waals surface area contributed by atoms with Crippen LogP contribution in [0.5, 0.6) is 0 Å². The molecule has 0 bridgehead atoms. The van der Waals surface area contributed by atoms with E-state index in [1.807, 2.05) is 0 Å². The van der Waals surface area contributed by atoms with Crippen molar-refractivity contribution < 1.29 is 14.7 Å². The van der Waals surface area contributed by atoms with Crippen molar-refractivity contribution in [1.29, 1.82) is 0 Å². The monoisotopic (exact) mass is 271 g/mol. The van der Waals surface area contributed by atoms with Crippen molar-refractivity contribution in [1.82, 2.24) is 10.3 Å². The number of carbonyl (C=O) groups is 2. The zero-order valence-corrected chi connectivity index (χ0v) is 11.4. The molecule has 0 aliphatic carbocycles. The molecular weight excluding hydrogens is 254 g/mol. The standard InChI is InChI=1S/C11H17N3O3S/c1-6(12)10-13-7(5-18-10)9(17)14-11(2,3)4-8(15)16/h5-6H,4,12H2,1-3H3,(H,14,17)(H,15,16). The second kappa shape index (κ2) is 5.45. The maximum absolute atomic E-state index is 11.9. The fourth-order valence-electron chi connectivity index (χ4n) is 1.39. The molecule has 100 valence electrons. The van der Waals surface area contributed by atoms with E-state index in [0.717, 1.165) is 0 Å². The van der Waals surface area contributed by atoms with Crippen LogP contribution in [0.1, 0.15) is 48.7 Å². The molecular formula is C11H17N3O3S. The van der Waals surface area contributed by atoms with E-state index in [1.165, 1.54) is 11.3 Å². The summed E-state index contributed by atoms with van der Waals surface area (Å²) in [7, 11) is 0. The minimum absolute atomic E-state index is 0.150. The lowest BCUT2D eigenvalue weighted by Gasteiger charge is -2.23. The lowest BCUT2D eigenvalue weighted by Crippen LogP contribution is -2.45. The summed E-state index contributed by atoms with van der Waals surface area (Å²) in [4.78, 5) is 26.6. The van der Waals surface area contributed by atoms with Gasteiger partial charge >= 0.3 is 5.97 Å². The van der Waals surface area contributed by atoms with Gasteiger partial charge in [-0.1, -0.05) is 0 Å². The highest BCUT2D eigenvalue weighted by atomic mass is 32.1. The first-order valence-electron chi connectivity index (χ1n) is 5.46. The van der Waals surface area contributed by atoms with Crippen LogP contribution in [0.15, 0.2) is 5.38 Å². The molecule has 1 aromatic heterocycles. The third-order valence-electron chi connectivity index (χ3n) is 2.19.